The van der Waals surface area contributed by atoms with E-state index >= 15 is 0 Å². The molecule has 1 saturated carbocycles. The van der Waals surface area contributed by atoms with Gasteiger partial charge >= 0.3 is 0 Å². The van der Waals surface area contributed by atoms with Gasteiger partial charge in [0.05, 0.1) is 0 Å². The van der Waals surface area contributed by atoms with E-state index in [0.29, 0.717) is 0 Å². The lowest BCUT2D eigenvalue weighted by atomic mass is 9.96. The van der Waals surface area contributed by atoms with Gasteiger partial charge in [-0.25, -0.2) is 21.9 Å². The van der Waals surface area contributed by atoms with Crippen LogP contribution in [0.2, 0.25) is 0 Å². The van der Waals surface area contributed by atoms with Crippen LogP contribution in [0.1, 0.15) is 18.4 Å². The van der Waals surface area contributed by atoms with Gasteiger partial charge in [-0.15, -0.1) is 0 Å². The Morgan fingerprint density at radius 1 is 1.00 bits per heavy atom. The Labute approximate surface area is 128 Å². The summed E-state index contributed by atoms with van der Waals surface area (Å²) in [5, 5.41) is 0. The minimum absolute atomic E-state index is 0.176. The molecule has 0 saturated heterocycles. The third-order valence-corrected chi connectivity index (χ3v) is 5.47. The van der Waals surface area contributed by atoms with Gasteiger partial charge in [-0.1, -0.05) is 24.3 Å². The van der Waals surface area contributed by atoms with Gasteiger partial charge in [0.1, 0.15) is 16.5 Å². The summed E-state index contributed by atoms with van der Waals surface area (Å²) in [5.74, 6) is -1.10. The van der Waals surface area contributed by atoms with Gasteiger partial charge < -0.3 is 0 Å². The van der Waals surface area contributed by atoms with Crippen molar-refractivity contribution < 1.29 is 17.2 Å². The molecule has 116 valence electrons. The Morgan fingerprint density at radius 2 is 1.64 bits per heavy atom. The quantitative estimate of drug-likeness (QED) is 0.919. The summed E-state index contributed by atoms with van der Waals surface area (Å²) in [6.45, 7) is 0.176. The molecule has 0 bridgehead atoms. The molecule has 1 fully saturated rings. The topological polar surface area (TPSA) is 46.2 Å². The molecule has 1 N–H and O–H groups in total. The summed E-state index contributed by atoms with van der Waals surface area (Å²) >= 11 is 0. The lowest BCUT2D eigenvalue weighted by Gasteiger charge is -2.17. The highest BCUT2D eigenvalue weighted by molar-refractivity contribution is 7.89. The molecule has 0 aliphatic heterocycles. The molecule has 2 aromatic rings. The molecule has 0 aromatic heterocycles. The maximum atomic E-state index is 13.6. The largest absolute Gasteiger partial charge is 0.243 e. The lowest BCUT2D eigenvalue weighted by Crippen LogP contribution is -2.32. The highest BCUT2D eigenvalue weighted by Gasteiger charge is 2.44. The second kappa shape index (κ2) is 5.44. The van der Waals surface area contributed by atoms with Gasteiger partial charge in [0.15, 0.2) is 0 Å². The molecule has 1 aliphatic carbocycles. The Balaban J connectivity index is 1.77. The second-order valence-corrected chi connectivity index (χ2v) is 7.28. The number of hydrogen-bond acceptors (Lipinski definition) is 2. The fraction of sp³-hybridized carbons (Fsp3) is 0.250. The van der Waals surface area contributed by atoms with Crippen LogP contribution in [0.3, 0.4) is 0 Å². The Hall–Kier alpha value is -1.79. The number of nitrogens with one attached hydrogen (secondary N) is 1. The monoisotopic (exact) mass is 323 g/mol. The minimum Gasteiger partial charge on any atom is -0.210 e. The molecule has 0 radical (unpaired) electrons. The molecule has 0 unspecified atom stereocenters. The molecule has 0 heterocycles. The van der Waals surface area contributed by atoms with Crippen molar-refractivity contribution in [1.82, 2.24) is 4.72 Å². The zero-order chi connectivity index (χ0) is 15.8. The van der Waals surface area contributed by atoms with Gasteiger partial charge in [-0.05, 0) is 42.7 Å². The first-order chi connectivity index (χ1) is 10.4. The normalized spacial score (nSPS) is 16.5. The average Bonchev–Trinajstić information content (AvgIpc) is 3.27. The summed E-state index contributed by atoms with van der Waals surface area (Å²) in [4.78, 5) is -0.357. The van der Waals surface area contributed by atoms with Crippen molar-refractivity contribution in [2.24, 2.45) is 0 Å². The maximum Gasteiger partial charge on any atom is 0.243 e. The van der Waals surface area contributed by atoms with Crippen LogP contribution in [0.5, 0.6) is 0 Å². The highest BCUT2D eigenvalue weighted by Crippen LogP contribution is 2.47. The predicted octanol–water partition coefficient (Wildman–Crippen LogP) is 2.97. The Kier molecular flexibility index (Phi) is 3.74. The molecular weight excluding hydrogens is 308 g/mol. The number of hydrogen-bond donors (Lipinski definition) is 1. The third kappa shape index (κ3) is 2.89. The summed E-state index contributed by atoms with van der Waals surface area (Å²) in [5.41, 5.74) is 0.580. The van der Waals surface area contributed by atoms with Crippen molar-refractivity contribution in [3.05, 3.63) is 65.7 Å². The van der Waals surface area contributed by atoms with E-state index in [-0.39, 0.29) is 22.7 Å². The first-order valence-corrected chi connectivity index (χ1v) is 8.42. The summed E-state index contributed by atoms with van der Waals surface area (Å²) < 4.78 is 53.5. The minimum atomic E-state index is -3.90. The predicted molar refractivity (Wildman–Crippen MR) is 78.9 cm³/mol. The van der Waals surface area contributed by atoms with Crippen LogP contribution in [0.25, 0.3) is 0 Å². The average molecular weight is 323 g/mol. The fourth-order valence-corrected chi connectivity index (χ4v) is 3.70. The summed E-state index contributed by atoms with van der Waals surface area (Å²) in [6.07, 6.45) is 1.64. The van der Waals surface area contributed by atoms with Gasteiger partial charge in [0.2, 0.25) is 10.0 Å². The van der Waals surface area contributed by atoms with Crippen molar-refractivity contribution in [3.8, 4) is 0 Å². The summed E-state index contributed by atoms with van der Waals surface area (Å²) in [6, 6.07) is 11.3. The number of halogens is 2. The van der Waals surface area contributed by atoms with Crippen LogP contribution in [-0.2, 0) is 15.4 Å². The zero-order valence-electron chi connectivity index (χ0n) is 11.7. The zero-order valence-corrected chi connectivity index (χ0v) is 12.5. The number of rotatable bonds is 5. The first kappa shape index (κ1) is 15.1. The molecular formula is C16H15F2NO2S. The third-order valence-electron chi connectivity index (χ3n) is 4.04. The van der Waals surface area contributed by atoms with E-state index in [2.05, 4.69) is 4.72 Å². The standard InChI is InChI=1S/C16H15F2NO2S/c17-13-7-5-12(6-8-13)16(9-10-16)11-19-22(20,21)15-4-2-1-3-14(15)18/h1-8,19H,9-11H2. The van der Waals surface area contributed by atoms with E-state index in [1.807, 2.05) is 0 Å². The molecule has 0 atom stereocenters. The molecule has 1 aliphatic rings. The van der Waals surface area contributed by atoms with Crippen LogP contribution in [0.4, 0.5) is 8.78 Å². The second-order valence-electron chi connectivity index (χ2n) is 5.54. The van der Waals surface area contributed by atoms with Crippen LogP contribution in [-0.4, -0.2) is 15.0 Å². The van der Waals surface area contributed by atoms with Crippen LogP contribution >= 0.6 is 0 Å². The van der Waals surface area contributed by atoms with E-state index in [0.717, 1.165) is 24.5 Å². The smallest absolute Gasteiger partial charge is 0.210 e. The van der Waals surface area contributed by atoms with Gasteiger partial charge in [0, 0.05) is 12.0 Å². The van der Waals surface area contributed by atoms with E-state index < -0.39 is 15.8 Å². The summed E-state index contributed by atoms with van der Waals surface area (Å²) in [7, 11) is -3.90. The van der Waals surface area contributed by atoms with Gasteiger partial charge in [-0.3, -0.25) is 0 Å². The molecule has 6 heteroatoms. The molecule has 3 nitrogen and oxygen atoms in total. The Morgan fingerprint density at radius 3 is 2.23 bits per heavy atom. The molecule has 0 amide bonds. The lowest BCUT2D eigenvalue weighted by molar-refractivity contribution is 0.547. The number of benzene rings is 2. The van der Waals surface area contributed by atoms with Crippen molar-refractivity contribution in [2.45, 2.75) is 23.2 Å². The van der Waals surface area contributed by atoms with Gasteiger partial charge in [-0.2, -0.15) is 0 Å². The van der Waals surface area contributed by atoms with Crippen molar-refractivity contribution in [1.29, 1.82) is 0 Å². The maximum absolute atomic E-state index is 13.6. The van der Waals surface area contributed by atoms with Crippen LogP contribution in [0, 0.1) is 11.6 Å². The van der Waals surface area contributed by atoms with E-state index in [1.165, 1.54) is 30.3 Å². The first-order valence-electron chi connectivity index (χ1n) is 6.93. The van der Waals surface area contributed by atoms with Gasteiger partial charge in [0.25, 0.3) is 0 Å². The Bertz CT molecular complexity index is 784. The van der Waals surface area contributed by atoms with Crippen molar-refractivity contribution >= 4 is 10.0 Å². The number of sulfonamides is 1. The molecule has 0 spiro atoms. The van der Waals surface area contributed by atoms with Crippen LogP contribution in [0.15, 0.2) is 53.4 Å². The van der Waals surface area contributed by atoms with E-state index in [4.69, 9.17) is 0 Å². The van der Waals surface area contributed by atoms with Crippen LogP contribution < -0.4 is 4.72 Å². The van der Waals surface area contributed by atoms with Crippen molar-refractivity contribution in [2.75, 3.05) is 6.54 Å². The fourth-order valence-electron chi connectivity index (χ4n) is 2.50. The van der Waals surface area contributed by atoms with E-state index in [1.54, 1.807) is 12.1 Å². The van der Waals surface area contributed by atoms with Crippen molar-refractivity contribution in [3.63, 3.8) is 0 Å². The highest BCUT2D eigenvalue weighted by atomic mass is 32.2. The molecule has 2 aromatic carbocycles. The van der Waals surface area contributed by atoms with E-state index in [9.17, 15) is 17.2 Å². The molecule has 22 heavy (non-hydrogen) atoms. The SMILES string of the molecule is O=S(=O)(NCC1(c2ccc(F)cc2)CC1)c1ccccc1F. The molecule has 3 rings (SSSR count).